The van der Waals surface area contributed by atoms with Gasteiger partial charge in [-0.2, -0.15) is 10.2 Å². The third-order valence-corrected chi connectivity index (χ3v) is 12.7. The first-order valence-electron chi connectivity index (χ1n) is 18.4. The summed E-state index contributed by atoms with van der Waals surface area (Å²) < 4.78 is 19.0. The van der Waals surface area contributed by atoms with Gasteiger partial charge in [0.1, 0.15) is 12.0 Å². The number of carbonyl (C=O) groups excluding carboxylic acids is 1. The van der Waals surface area contributed by atoms with Crippen molar-refractivity contribution in [3.05, 3.63) is 93.7 Å². The molecule has 2 unspecified atom stereocenters. The van der Waals surface area contributed by atoms with Gasteiger partial charge in [0.05, 0.1) is 34.2 Å². The highest BCUT2D eigenvalue weighted by atomic mass is 35.5. The molecular formula is C41H46ClN6O3PS. The minimum Gasteiger partial charge on any atom is -0.493 e. The summed E-state index contributed by atoms with van der Waals surface area (Å²) >= 11 is 9.05. The summed E-state index contributed by atoms with van der Waals surface area (Å²) in [4.78, 5) is 17.2. The summed E-state index contributed by atoms with van der Waals surface area (Å²) in [7, 11) is 6.29. The molecule has 6 aromatic rings. The van der Waals surface area contributed by atoms with E-state index in [1.807, 2.05) is 31.5 Å². The van der Waals surface area contributed by atoms with Crippen LogP contribution in [0.15, 0.2) is 59.5 Å². The molecule has 276 valence electrons. The van der Waals surface area contributed by atoms with E-state index in [9.17, 15) is 4.79 Å². The van der Waals surface area contributed by atoms with E-state index in [4.69, 9.17) is 31.3 Å². The Morgan fingerprint density at radius 3 is 2.62 bits per heavy atom. The van der Waals surface area contributed by atoms with Gasteiger partial charge in [0, 0.05) is 77.7 Å². The van der Waals surface area contributed by atoms with Gasteiger partial charge in [0.15, 0.2) is 5.52 Å². The van der Waals surface area contributed by atoms with E-state index in [2.05, 4.69) is 76.7 Å². The second-order valence-electron chi connectivity index (χ2n) is 14.3. The molecule has 2 atom stereocenters. The van der Waals surface area contributed by atoms with Crippen LogP contribution in [0.4, 0.5) is 0 Å². The van der Waals surface area contributed by atoms with Crippen LogP contribution < -0.4 is 4.74 Å². The van der Waals surface area contributed by atoms with Crippen LogP contribution in [0.25, 0.3) is 32.8 Å². The molecule has 2 aliphatic rings. The van der Waals surface area contributed by atoms with Crippen LogP contribution in [-0.4, -0.2) is 61.5 Å². The number of fused-ring (bicyclic) bond motifs is 8. The van der Waals surface area contributed by atoms with Crippen LogP contribution >= 0.6 is 31.9 Å². The lowest BCUT2D eigenvalue weighted by atomic mass is 9.97. The van der Waals surface area contributed by atoms with Gasteiger partial charge < -0.3 is 14.0 Å². The lowest BCUT2D eigenvalue weighted by molar-refractivity contribution is -0.0409. The van der Waals surface area contributed by atoms with Crippen LogP contribution in [0.2, 0.25) is 5.02 Å². The average Bonchev–Trinajstić information content (AvgIpc) is 3.77. The molecule has 0 radical (unpaired) electrons. The Balaban J connectivity index is 1.29. The number of ether oxygens (including phenoxy) is 2. The smallest absolute Gasteiger partial charge is 0.197 e. The number of benzene rings is 3. The molecule has 53 heavy (non-hydrogen) atoms. The fourth-order valence-electron chi connectivity index (χ4n) is 8.12. The SMILES string of the molecule is CPC(=O)c1c2c3ccc(Cl)c(c3n1C)-c1c(nn(C3CCCCO3)c1C)CN(C)Cc1cc(n(C)n1)CSc1cc(c3ccccc3c1)OCCC2. The molecule has 2 aliphatic heterocycles. The highest BCUT2D eigenvalue weighted by Gasteiger charge is 2.30. The summed E-state index contributed by atoms with van der Waals surface area (Å²) in [6, 6.07) is 19.1. The van der Waals surface area contributed by atoms with E-state index in [0.717, 1.165) is 116 Å². The number of carbonyl (C=O) groups is 1. The van der Waals surface area contributed by atoms with Crippen molar-refractivity contribution in [1.82, 2.24) is 29.0 Å². The molecule has 8 bridgehead atoms. The topological polar surface area (TPSA) is 79.3 Å². The van der Waals surface area contributed by atoms with Crippen LogP contribution in [-0.2, 0) is 44.1 Å². The van der Waals surface area contributed by atoms with Crippen molar-refractivity contribution in [2.24, 2.45) is 14.1 Å². The summed E-state index contributed by atoms with van der Waals surface area (Å²) in [5, 5.41) is 14.1. The summed E-state index contributed by atoms with van der Waals surface area (Å²) in [6.45, 7) is 6.57. The number of halogens is 1. The lowest BCUT2D eigenvalue weighted by Gasteiger charge is -2.24. The van der Waals surface area contributed by atoms with Crippen LogP contribution in [0, 0.1) is 6.92 Å². The lowest BCUT2D eigenvalue weighted by Crippen LogP contribution is -2.21. The molecule has 0 N–H and O–H groups in total. The Kier molecular flexibility index (Phi) is 10.4. The number of nitrogens with zero attached hydrogens (tertiary/aromatic N) is 6. The number of rotatable bonds is 3. The minimum atomic E-state index is -0.131. The van der Waals surface area contributed by atoms with E-state index < -0.39 is 0 Å². The largest absolute Gasteiger partial charge is 0.493 e. The van der Waals surface area contributed by atoms with Crippen molar-refractivity contribution in [3.63, 3.8) is 0 Å². The third-order valence-electron chi connectivity index (χ3n) is 10.6. The first-order chi connectivity index (χ1) is 25.7. The Morgan fingerprint density at radius 1 is 0.962 bits per heavy atom. The molecule has 1 fully saturated rings. The van der Waals surface area contributed by atoms with Gasteiger partial charge in [-0.25, -0.2) is 4.68 Å². The quantitative estimate of drug-likeness (QED) is 0.166. The number of hydrogen-bond acceptors (Lipinski definition) is 7. The van der Waals surface area contributed by atoms with Crippen molar-refractivity contribution in [3.8, 4) is 16.9 Å². The highest BCUT2D eigenvalue weighted by molar-refractivity contribution is 7.98. The predicted octanol–water partition coefficient (Wildman–Crippen LogP) is 9.29. The molecule has 9 nitrogen and oxygen atoms in total. The Morgan fingerprint density at radius 2 is 1.81 bits per heavy atom. The van der Waals surface area contributed by atoms with Crippen molar-refractivity contribution >= 4 is 59.1 Å². The Hall–Kier alpha value is -3.66. The zero-order valence-electron chi connectivity index (χ0n) is 31.0. The van der Waals surface area contributed by atoms with Gasteiger partial charge in [0.2, 0.25) is 0 Å². The van der Waals surface area contributed by atoms with Crippen LogP contribution in [0.1, 0.15) is 70.7 Å². The van der Waals surface area contributed by atoms with Crippen molar-refractivity contribution in [2.45, 2.75) is 69.0 Å². The maximum Gasteiger partial charge on any atom is 0.197 e. The zero-order chi connectivity index (χ0) is 36.8. The molecule has 0 saturated carbocycles. The number of aromatic nitrogens is 5. The fraction of sp³-hybridized carbons (Fsp3) is 0.390. The average molecular weight is 769 g/mol. The Labute approximate surface area is 321 Å². The summed E-state index contributed by atoms with van der Waals surface area (Å²) in [5.74, 6) is 1.66. The number of thioether (sulfide) groups is 1. The molecule has 3 aromatic heterocycles. The van der Waals surface area contributed by atoms with Gasteiger partial charge in [0.25, 0.3) is 0 Å². The molecule has 3 aromatic carbocycles. The van der Waals surface area contributed by atoms with E-state index in [-0.39, 0.29) is 20.3 Å². The minimum absolute atomic E-state index is 0.131. The molecule has 0 amide bonds. The van der Waals surface area contributed by atoms with Crippen molar-refractivity contribution in [2.75, 3.05) is 26.9 Å². The predicted molar refractivity (Wildman–Crippen MR) is 217 cm³/mol. The normalized spacial score (nSPS) is 17.7. The van der Waals surface area contributed by atoms with E-state index in [1.54, 1.807) is 11.8 Å². The van der Waals surface area contributed by atoms with E-state index in [1.165, 1.54) is 0 Å². The number of aryl methyl sites for hydroxylation is 3. The van der Waals surface area contributed by atoms with E-state index in [0.29, 0.717) is 31.1 Å². The second-order valence-corrected chi connectivity index (χ2v) is 16.7. The summed E-state index contributed by atoms with van der Waals surface area (Å²) in [5.41, 5.74) is 8.93. The second kappa shape index (κ2) is 15.2. The van der Waals surface area contributed by atoms with Gasteiger partial charge in [-0.1, -0.05) is 41.9 Å². The zero-order valence-corrected chi connectivity index (χ0v) is 33.6. The molecule has 12 heteroatoms. The molecule has 5 heterocycles. The van der Waals surface area contributed by atoms with Crippen LogP contribution in [0.5, 0.6) is 5.75 Å². The van der Waals surface area contributed by atoms with Gasteiger partial charge in [-0.15, -0.1) is 11.8 Å². The third kappa shape index (κ3) is 6.94. The standard InChI is InChI=1S/C41H46ClN6O3PS/c1-25-37-34(44-48(25)36-14-8-9-17-51-36)23-45(2)22-27-20-28(47(4)43-27)24-53-29-19-26-11-6-7-12-30(26)35(21-29)50-18-10-13-31-32-15-16-33(42)38(37)39(32)46(3)40(31)41(49)52-5/h6-7,11-12,15-16,19-21,36,52H,8-10,13-14,17-18,22-24H2,1-5H3. The van der Waals surface area contributed by atoms with Crippen molar-refractivity contribution < 1.29 is 14.3 Å². The molecule has 8 rings (SSSR count). The van der Waals surface area contributed by atoms with Gasteiger partial charge in [-0.05, 0) is 96.5 Å². The highest BCUT2D eigenvalue weighted by Crippen LogP contribution is 2.44. The molecule has 0 spiro atoms. The van der Waals surface area contributed by atoms with Crippen molar-refractivity contribution in [1.29, 1.82) is 0 Å². The fourth-order valence-corrected chi connectivity index (χ4v) is 9.91. The monoisotopic (exact) mass is 768 g/mol. The maximum absolute atomic E-state index is 13.8. The van der Waals surface area contributed by atoms with Gasteiger partial charge >= 0.3 is 0 Å². The molecular weight excluding hydrogens is 723 g/mol. The van der Waals surface area contributed by atoms with Gasteiger partial charge in [-0.3, -0.25) is 14.4 Å². The first-order valence-corrected chi connectivity index (χ1v) is 21.3. The van der Waals surface area contributed by atoms with Crippen LogP contribution in [0.3, 0.4) is 0 Å². The van der Waals surface area contributed by atoms with E-state index >= 15 is 0 Å². The molecule has 1 saturated heterocycles. The first kappa shape index (κ1) is 36.3. The summed E-state index contributed by atoms with van der Waals surface area (Å²) in [6.07, 6.45) is 4.38. The Bertz CT molecular complexity index is 2340. The maximum atomic E-state index is 13.8. The number of hydrogen-bond donors (Lipinski definition) is 0. The molecule has 0 aliphatic carbocycles.